The van der Waals surface area contributed by atoms with Gasteiger partial charge < -0.3 is 15.8 Å². The van der Waals surface area contributed by atoms with Gasteiger partial charge in [0.25, 0.3) is 0 Å². The molecule has 1 aromatic heterocycles. The smallest absolute Gasteiger partial charge is 0.341 e. The standard InChI is InChI=1S/C12H17N3O2/c1-2-17-12(16)10-4-3-5-14-11(10)15-9-6-8(13)7-9/h3-5,8-9H,2,6-7,13H2,1H3,(H,14,15). The van der Waals surface area contributed by atoms with Gasteiger partial charge in [-0.1, -0.05) is 0 Å². The molecule has 1 saturated carbocycles. The molecule has 5 nitrogen and oxygen atoms in total. The zero-order valence-electron chi connectivity index (χ0n) is 9.85. The van der Waals surface area contributed by atoms with Crippen molar-refractivity contribution in [3.63, 3.8) is 0 Å². The molecule has 1 heterocycles. The fraction of sp³-hybridized carbons (Fsp3) is 0.500. The number of nitrogens with one attached hydrogen (secondary N) is 1. The molecule has 1 aliphatic carbocycles. The van der Waals surface area contributed by atoms with Crippen LogP contribution in [-0.4, -0.2) is 29.6 Å². The Morgan fingerprint density at radius 1 is 1.65 bits per heavy atom. The van der Waals surface area contributed by atoms with Crippen molar-refractivity contribution in [1.82, 2.24) is 4.98 Å². The Hall–Kier alpha value is -1.62. The zero-order chi connectivity index (χ0) is 12.3. The molecule has 92 valence electrons. The number of carbonyl (C=O) groups is 1. The molecule has 0 saturated heterocycles. The van der Waals surface area contributed by atoms with Crippen LogP contribution in [0.15, 0.2) is 18.3 Å². The first-order valence-electron chi connectivity index (χ1n) is 5.85. The maximum atomic E-state index is 11.7. The van der Waals surface area contributed by atoms with Crippen LogP contribution in [-0.2, 0) is 4.74 Å². The van der Waals surface area contributed by atoms with Crippen LogP contribution in [0.1, 0.15) is 30.1 Å². The molecule has 0 bridgehead atoms. The van der Waals surface area contributed by atoms with Crippen LogP contribution >= 0.6 is 0 Å². The molecular weight excluding hydrogens is 218 g/mol. The molecule has 17 heavy (non-hydrogen) atoms. The average Bonchev–Trinajstić information content (AvgIpc) is 2.28. The van der Waals surface area contributed by atoms with E-state index in [4.69, 9.17) is 10.5 Å². The number of pyridine rings is 1. The molecule has 0 aliphatic heterocycles. The quantitative estimate of drug-likeness (QED) is 0.766. The normalized spacial score (nSPS) is 22.7. The minimum absolute atomic E-state index is 0.266. The predicted octanol–water partition coefficient (Wildman–Crippen LogP) is 1.16. The number of carbonyl (C=O) groups excluding carboxylic acids is 1. The van der Waals surface area contributed by atoms with Gasteiger partial charge in [0.15, 0.2) is 0 Å². The first-order valence-corrected chi connectivity index (χ1v) is 5.85. The fourth-order valence-electron chi connectivity index (χ4n) is 1.87. The monoisotopic (exact) mass is 235 g/mol. The summed E-state index contributed by atoms with van der Waals surface area (Å²) in [6.07, 6.45) is 3.49. The molecule has 2 rings (SSSR count). The van der Waals surface area contributed by atoms with Crippen molar-refractivity contribution in [2.24, 2.45) is 5.73 Å². The lowest BCUT2D eigenvalue weighted by Crippen LogP contribution is -2.44. The van der Waals surface area contributed by atoms with Crippen molar-refractivity contribution in [2.45, 2.75) is 31.8 Å². The Balaban J connectivity index is 2.07. The van der Waals surface area contributed by atoms with Gasteiger partial charge in [-0.25, -0.2) is 9.78 Å². The minimum Gasteiger partial charge on any atom is -0.462 e. The zero-order valence-corrected chi connectivity index (χ0v) is 9.85. The number of hydrogen-bond acceptors (Lipinski definition) is 5. The molecule has 1 fully saturated rings. The molecule has 1 aliphatic rings. The van der Waals surface area contributed by atoms with Gasteiger partial charge in [-0.2, -0.15) is 0 Å². The van der Waals surface area contributed by atoms with Crippen molar-refractivity contribution in [3.05, 3.63) is 23.9 Å². The summed E-state index contributed by atoms with van der Waals surface area (Å²) in [5, 5.41) is 3.22. The van der Waals surface area contributed by atoms with Crippen LogP contribution in [0, 0.1) is 0 Å². The van der Waals surface area contributed by atoms with Gasteiger partial charge in [-0.05, 0) is 31.9 Å². The van der Waals surface area contributed by atoms with Crippen LogP contribution in [0.25, 0.3) is 0 Å². The van der Waals surface area contributed by atoms with Gasteiger partial charge in [-0.15, -0.1) is 0 Å². The summed E-state index contributed by atoms with van der Waals surface area (Å²) in [4.78, 5) is 15.9. The molecule has 1 aromatic rings. The van der Waals surface area contributed by atoms with E-state index in [-0.39, 0.29) is 12.0 Å². The number of aromatic nitrogens is 1. The van der Waals surface area contributed by atoms with Crippen molar-refractivity contribution < 1.29 is 9.53 Å². The molecule has 0 spiro atoms. The molecule has 0 amide bonds. The number of nitrogens with zero attached hydrogens (tertiary/aromatic N) is 1. The summed E-state index contributed by atoms with van der Waals surface area (Å²) >= 11 is 0. The van der Waals surface area contributed by atoms with Crippen LogP contribution in [0.3, 0.4) is 0 Å². The summed E-state index contributed by atoms with van der Waals surface area (Å²) in [5.74, 6) is 0.245. The Morgan fingerprint density at radius 3 is 3.06 bits per heavy atom. The van der Waals surface area contributed by atoms with Gasteiger partial charge in [-0.3, -0.25) is 0 Å². The lowest BCUT2D eigenvalue weighted by Gasteiger charge is -2.33. The summed E-state index contributed by atoms with van der Waals surface area (Å²) in [6.45, 7) is 2.15. The number of hydrogen-bond donors (Lipinski definition) is 2. The van der Waals surface area contributed by atoms with E-state index in [1.165, 1.54) is 0 Å². The lowest BCUT2D eigenvalue weighted by atomic mass is 9.87. The highest BCUT2D eigenvalue weighted by atomic mass is 16.5. The Morgan fingerprint density at radius 2 is 2.41 bits per heavy atom. The molecule has 3 N–H and O–H groups in total. The number of esters is 1. The van der Waals surface area contributed by atoms with Crippen LogP contribution in [0.4, 0.5) is 5.82 Å². The van der Waals surface area contributed by atoms with Gasteiger partial charge in [0.1, 0.15) is 11.4 Å². The highest BCUT2D eigenvalue weighted by Gasteiger charge is 2.27. The van der Waals surface area contributed by atoms with E-state index in [9.17, 15) is 4.79 Å². The van der Waals surface area contributed by atoms with E-state index in [0.717, 1.165) is 12.8 Å². The molecule has 0 radical (unpaired) electrons. The second-order valence-electron chi connectivity index (χ2n) is 4.19. The minimum atomic E-state index is -0.341. The fourth-order valence-corrected chi connectivity index (χ4v) is 1.87. The van der Waals surface area contributed by atoms with Crippen molar-refractivity contribution >= 4 is 11.8 Å². The number of rotatable bonds is 4. The third-order valence-corrected chi connectivity index (χ3v) is 2.82. The average molecular weight is 235 g/mol. The number of anilines is 1. The highest BCUT2D eigenvalue weighted by Crippen LogP contribution is 2.23. The van der Waals surface area contributed by atoms with E-state index >= 15 is 0 Å². The second kappa shape index (κ2) is 5.14. The maximum absolute atomic E-state index is 11.7. The van der Waals surface area contributed by atoms with E-state index in [1.54, 1.807) is 25.3 Å². The van der Waals surface area contributed by atoms with Gasteiger partial charge in [0, 0.05) is 18.3 Å². The Kier molecular flexibility index (Phi) is 3.58. The summed E-state index contributed by atoms with van der Waals surface area (Å²) in [6, 6.07) is 4.02. The van der Waals surface area contributed by atoms with Gasteiger partial charge >= 0.3 is 5.97 Å². The highest BCUT2D eigenvalue weighted by molar-refractivity contribution is 5.94. The largest absolute Gasteiger partial charge is 0.462 e. The SMILES string of the molecule is CCOC(=O)c1cccnc1NC1CC(N)C1. The summed E-state index contributed by atoms with van der Waals surface area (Å²) in [5.41, 5.74) is 6.20. The second-order valence-corrected chi connectivity index (χ2v) is 4.19. The van der Waals surface area contributed by atoms with E-state index in [1.807, 2.05) is 0 Å². The first-order chi connectivity index (χ1) is 8.20. The maximum Gasteiger partial charge on any atom is 0.341 e. The lowest BCUT2D eigenvalue weighted by molar-refractivity contribution is 0.0527. The van der Waals surface area contributed by atoms with Crippen LogP contribution in [0.5, 0.6) is 0 Å². The van der Waals surface area contributed by atoms with E-state index in [2.05, 4.69) is 10.3 Å². The summed E-state index contributed by atoms with van der Waals surface area (Å²) < 4.78 is 4.98. The molecule has 0 unspecified atom stereocenters. The topological polar surface area (TPSA) is 77.2 Å². The molecular formula is C12H17N3O2. The third-order valence-electron chi connectivity index (χ3n) is 2.82. The number of ether oxygens (including phenoxy) is 1. The number of nitrogens with two attached hydrogens (primary N) is 1. The van der Waals surface area contributed by atoms with Gasteiger partial charge in [0.05, 0.1) is 6.61 Å². The molecule has 0 atom stereocenters. The van der Waals surface area contributed by atoms with Crippen molar-refractivity contribution in [2.75, 3.05) is 11.9 Å². The summed E-state index contributed by atoms with van der Waals surface area (Å²) in [7, 11) is 0. The third kappa shape index (κ3) is 2.74. The Labute approximate surface area is 100 Å². The van der Waals surface area contributed by atoms with E-state index < -0.39 is 0 Å². The predicted molar refractivity (Wildman–Crippen MR) is 64.8 cm³/mol. The van der Waals surface area contributed by atoms with Crippen LogP contribution in [0.2, 0.25) is 0 Å². The van der Waals surface area contributed by atoms with E-state index in [0.29, 0.717) is 24.0 Å². The van der Waals surface area contributed by atoms with Gasteiger partial charge in [0.2, 0.25) is 0 Å². The van der Waals surface area contributed by atoms with Crippen molar-refractivity contribution in [3.8, 4) is 0 Å². The molecule has 5 heteroatoms. The Bertz CT molecular complexity index is 402. The van der Waals surface area contributed by atoms with Crippen LogP contribution < -0.4 is 11.1 Å². The first kappa shape index (κ1) is 11.9. The van der Waals surface area contributed by atoms with Crippen molar-refractivity contribution in [1.29, 1.82) is 0 Å². The molecule has 0 aromatic carbocycles.